The van der Waals surface area contributed by atoms with Gasteiger partial charge in [0.15, 0.2) is 0 Å². The van der Waals surface area contributed by atoms with Gasteiger partial charge < -0.3 is 9.97 Å². The molecule has 2 aliphatic rings. The van der Waals surface area contributed by atoms with E-state index in [4.69, 9.17) is 9.97 Å². The monoisotopic (exact) mass is 918 g/mol. The highest BCUT2D eigenvalue weighted by Gasteiger charge is 2.41. The van der Waals surface area contributed by atoms with Crippen molar-refractivity contribution < 1.29 is 0 Å². The van der Waals surface area contributed by atoms with E-state index in [0.717, 1.165) is 100 Å². The molecule has 0 radical (unpaired) electrons. The van der Waals surface area contributed by atoms with Crippen molar-refractivity contribution in [1.82, 2.24) is 19.9 Å². The number of rotatable bonds is 7. The van der Waals surface area contributed by atoms with Gasteiger partial charge in [0, 0.05) is 55.4 Å². The van der Waals surface area contributed by atoms with Crippen LogP contribution < -0.4 is 0 Å². The Hall–Kier alpha value is -6.97. The second kappa shape index (κ2) is 18.6. The molecule has 3 aromatic heterocycles. The highest BCUT2D eigenvalue weighted by molar-refractivity contribution is 6.90. The highest BCUT2D eigenvalue weighted by atomic mass is 28.3. The van der Waals surface area contributed by atoms with Gasteiger partial charge >= 0.3 is 0 Å². The minimum atomic E-state index is -1.91. The maximum Gasteiger partial charge on any atom is 0.146 e. The van der Waals surface area contributed by atoms with Gasteiger partial charge in [-0.25, -0.2) is 9.97 Å². The molecular weight excluding hydrogens is 857 g/mol. The Bertz CT molecular complexity index is 3380. The molecule has 0 saturated carbocycles. The molecule has 7 aromatic rings. The van der Waals surface area contributed by atoms with Gasteiger partial charge in [-0.1, -0.05) is 157 Å². The number of H-pyrrole nitrogens is 2. The number of aromatic amines is 2. The first-order valence-electron chi connectivity index (χ1n) is 24.2. The number of hydrogen-bond acceptors (Lipinski definition) is 2. The fraction of sp³-hybridized carbons (Fsp3) is 0.226. The predicted octanol–water partition coefficient (Wildman–Crippen LogP) is 16.7. The minimum absolute atomic E-state index is 0.564. The van der Waals surface area contributed by atoms with E-state index in [1.165, 1.54) is 11.1 Å². The number of nitrogens with one attached hydrogen (secondary N) is 2. The number of benzene rings is 4. The molecular formula is C62H62N4Si2. The summed E-state index contributed by atoms with van der Waals surface area (Å²) in [4.78, 5) is 18.9. The first-order chi connectivity index (χ1) is 32.6. The van der Waals surface area contributed by atoms with Gasteiger partial charge in [0.2, 0.25) is 0 Å². The van der Waals surface area contributed by atoms with Crippen molar-refractivity contribution in [2.75, 3.05) is 0 Å². The van der Waals surface area contributed by atoms with Crippen LogP contribution in [0.3, 0.4) is 0 Å². The van der Waals surface area contributed by atoms with E-state index in [1.807, 2.05) is 0 Å². The quantitative estimate of drug-likeness (QED) is 0.124. The molecule has 6 heteroatoms. The number of aryl methyl sites for hydroxylation is 2. The predicted molar refractivity (Wildman–Crippen MR) is 298 cm³/mol. The lowest BCUT2D eigenvalue weighted by molar-refractivity contribution is 0.838. The zero-order valence-electron chi connectivity index (χ0n) is 41.5. The summed E-state index contributed by atoms with van der Waals surface area (Å²) in [5.74, 6) is 7.13. The molecule has 0 atom stereocenters. The second-order valence-electron chi connectivity index (χ2n) is 20.5. The van der Waals surface area contributed by atoms with E-state index in [9.17, 15) is 0 Å². The van der Waals surface area contributed by atoms with Crippen molar-refractivity contribution in [2.45, 2.75) is 91.7 Å². The molecule has 2 N–H and O–H groups in total. The van der Waals surface area contributed by atoms with Crippen LogP contribution in [0.15, 0.2) is 121 Å². The Kier molecular flexibility index (Phi) is 12.6. The van der Waals surface area contributed by atoms with Crippen LogP contribution in [0.4, 0.5) is 0 Å². The maximum atomic E-state index is 5.56. The van der Waals surface area contributed by atoms with Crippen molar-refractivity contribution in [3.05, 3.63) is 166 Å². The number of hydrogen-bond donors (Lipinski definition) is 2. The molecule has 0 aliphatic carbocycles. The average molecular weight is 919 g/mol. The molecule has 0 spiro atoms. The van der Waals surface area contributed by atoms with Crippen LogP contribution in [-0.2, 0) is 0 Å². The SMILES string of the molecule is Cc1ccc(-c2c3nc(c(-c4ccc(C)cc4)c4ccc([nH]4)c(-c4ccc(C#C[Si](C(C)C)(C(C)C)C(C)C)cc4)c4nc(c(-c5ccc(C#C[Si](C)(C)C)cc5)c5ccc2[nH]5)C=C4)C=C3)cc1. The molecule has 0 unspecified atom stereocenters. The molecule has 9 rings (SSSR count). The molecule has 0 fully saturated rings. The maximum absolute atomic E-state index is 5.56. The molecule has 0 saturated heterocycles. The molecule has 338 valence electrons. The van der Waals surface area contributed by atoms with E-state index < -0.39 is 16.1 Å². The summed E-state index contributed by atoms with van der Waals surface area (Å²) in [7, 11) is -3.46. The van der Waals surface area contributed by atoms with Crippen molar-refractivity contribution in [1.29, 1.82) is 0 Å². The Morgan fingerprint density at radius 1 is 0.382 bits per heavy atom. The van der Waals surface area contributed by atoms with Crippen LogP contribution in [0.5, 0.6) is 0 Å². The lowest BCUT2D eigenvalue weighted by Crippen LogP contribution is -2.43. The van der Waals surface area contributed by atoms with Gasteiger partial charge in [0.05, 0.1) is 22.8 Å². The summed E-state index contributed by atoms with van der Waals surface area (Å²) in [6, 6.07) is 43.7. The Morgan fingerprint density at radius 3 is 0.941 bits per heavy atom. The minimum Gasteiger partial charge on any atom is -0.354 e. The third kappa shape index (κ3) is 9.20. The first-order valence-corrected chi connectivity index (χ1v) is 29.9. The van der Waals surface area contributed by atoms with Gasteiger partial charge in [-0.05, 0) is 126 Å². The van der Waals surface area contributed by atoms with Gasteiger partial charge in [0.1, 0.15) is 16.1 Å². The fourth-order valence-corrected chi connectivity index (χ4v) is 15.9. The topological polar surface area (TPSA) is 57.4 Å². The normalized spacial score (nSPS) is 12.4. The number of nitrogens with zero attached hydrogens (tertiary/aromatic N) is 2. The molecule has 0 amide bonds. The molecule has 4 nitrogen and oxygen atoms in total. The fourth-order valence-electron chi connectivity index (χ4n) is 10.2. The lowest BCUT2D eigenvalue weighted by Gasteiger charge is -2.38. The second-order valence-corrected chi connectivity index (χ2v) is 30.9. The average Bonchev–Trinajstić information content (AvgIpc) is 4.16. The summed E-state index contributed by atoms with van der Waals surface area (Å²) in [6.07, 6.45) is 8.66. The summed E-state index contributed by atoms with van der Waals surface area (Å²) in [5, 5.41) is 0. The first kappa shape index (κ1) is 46.2. The largest absolute Gasteiger partial charge is 0.354 e. The van der Waals surface area contributed by atoms with E-state index in [-0.39, 0.29) is 0 Å². The van der Waals surface area contributed by atoms with Gasteiger partial charge in [-0.15, -0.1) is 11.1 Å². The summed E-state index contributed by atoms with van der Waals surface area (Å²) < 4.78 is 0. The molecule has 68 heavy (non-hydrogen) atoms. The summed E-state index contributed by atoms with van der Waals surface area (Å²) in [5.41, 5.74) is 29.5. The van der Waals surface area contributed by atoms with Crippen LogP contribution in [0.2, 0.25) is 36.3 Å². The van der Waals surface area contributed by atoms with Crippen LogP contribution in [-0.4, -0.2) is 36.1 Å². The van der Waals surface area contributed by atoms with Crippen LogP contribution in [0.25, 0.3) is 90.9 Å². The molecule has 2 aliphatic heterocycles. The number of aromatic nitrogens is 4. The third-order valence-electron chi connectivity index (χ3n) is 13.7. The van der Waals surface area contributed by atoms with E-state index in [0.29, 0.717) is 16.6 Å². The zero-order chi connectivity index (χ0) is 47.9. The Balaban J connectivity index is 1.35. The standard InChI is InChI=1S/C62H62N4Si2/c1-40(2)68(41(3)4,42(5)6)39-37-46-18-26-50(27-19-46)62-56-33-31-54(65-56)60(48-22-14-44(8)15-23-48)52-29-28-51(63-52)59(47-20-12-43(7)13-21-47)53-30-32-55(64-53)61(57-34-35-58(62)66-57)49-24-16-45(17-25-49)36-38-67(9,10)11/h12-35,40-42,64-65H,1-11H3. The Morgan fingerprint density at radius 2 is 0.662 bits per heavy atom. The van der Waals surface area contributed by atoms with Crippen molar-refractivity contribution in [2.24, 2.45) is 0 Å². The van der Waals surface area contributed by atoms with Gasteiger partial charge in [-0.3, -0.25) is 0 Å². The van der Waals surface area contributed by atoms with Crippen molar-refractivity contribution >= 4 is 62.5 Å². The number of fused-ring (bicyclic) bond motifs is 8. The van der Waals surface area contributed by atoms with Crippen molar-refractivity contribution in [3.63, 3.8) is 0 Å². The smallest absolute Gasteiger partial charge is 0.146 e. The summed E-state index contributed by atoms with van der Waals surface area (Å²) in [6.45, 7) is 25.3. The van der Waals surface area contributed by atoms with Crippen LogP contribution >= 0.6 is 0 Å². The van der Waals surface area contributed by atoms with Gasteiger partial charge in [-0.2, -0.15) is 0 Å². The summed E-state index contributed by atoms with van der Waals surface area (Å²) >= 11 is 0. The van der Waals surface area contributed by atoms with Crippen LogP contribution in [0.1, 0.15) is 86.6 Å². The molecule has 5 heterocycles. The molecule has 4 aromatic carbocycles. The Labute approximate surface area is 405 Å². The van der Waals surface area contributed by atoms with Gasteiger partial charge in [0.25, 0.3) is 0 Å². The third-order valence-corrected chi connectivity index (χ3v) is 20.8. The van der Waals surface area contributed by atoms with Crippen LogP contribution in [0, 0.1) is 36.8 Å². The van der Waals surface area contributed by atoms with E-state index in [1.54, 1.807) is 0 Å². The van der Waals surface area contributed by atoms with Crippen molar-refractivity contribution in [3.8, 4) is 67.4 Å². The van der Waals surface area contributed by atoms with E-state index >= 15 is 0 Å². The molecule has 8 bridgehead atoms. The highest BCUT2D eigenvalue weighted by Crippen LogP contribution is 2.42. The van der Waals surface area contributed by atoms with E-state index in [2.05, 4.69) is 254 Å². The zero-order valence-corrected chi connectivity index (χ0v) is 43.5. The lowest BCUT2D eigenvalue weighted by atomic mass is 10.0.